The summed E-state index contributed by atoms with van der Waals surface area (Å²) in [5.41, 5.74) is 2.38. The van der Waals surface area contributed by atoms with Gasteiger partial charge in [-0.1, -0.05) is 82.7 Å². The topological polar surface area (TPSA) is 83.8 Å². The fourth-order valence-electron chi connectivity index (χ4n) is 10.1. The fourth-order valence-corrected chi connectivity index (χ4v) is 10.1. The summed E-state index contributed by atoms with van der Waals surface area (Å²) in [6.07, 6.45) is 11.5. The third kappa shape index (κ3) is 3.88. The van der Waals surface area contributed by atoms with Crippen molar-refractivity contribution < 1.29 is 24.5 Å². The molecule has 8 atom stereocenters. The summed E-state index contributed by atoms with van der Waals surface area (Å²) >= 11 is 0. The lowest BCUT2D eigenvalue weighted by atomic mass is 9.34. The number of hydrogen-bond donors (Lipinski definition) is 2. The number of rotatable bonds is 4. The number of carbonyl (C=O) groups is 2. The lowest BCUT2D eigenvalue weighted by molar-refractivity contribution is -0.183. The largest absolute Gasteiger partial charge is 0.460 e. The van der Waals surface area contributed by atoms with Crippen LogP contribution in [-0.4, -0.2) is 34.7 Å². The highest BCUT2D eigenvalue weighted by Crippen LogP contribution is 2.75. The Morgan fingerprint density at radius 2 is 1.60 bits per heavy atom. The molecule has 0 aliphatic heterocycles. The zero-order valence-corrected chi connectivity index (χ0v) is 26.3. The monoisotopic (exact) mass is 572 g/mol. The van der Waals surface area contributed by atoms with Crippen molar-refractivity contribution in [2.45, 2.75) is 99.2 Å². The molecule has 0 saturated heterocycles. The minimum absolute atomic E-state index is 0.0306. The lowest BCUT2D eigenvalue weighted by Gasteiger charge is -2.70. The van der Waals surface area contributed by atoms with Gasteiger partial charge in [0.05, 0.1) is 12.0 Å². The van der Waals surface area contributed by atoms with E-state index in [0.29, 0.717) is 12.5 Å². The maximum atomic E-state index is 13.7. The van der Waals surface area contributed by atoms with Gasteiger partial charge in [-0.25, -0.2) is 0 Å². The molecule has 0 spiro atoms. The maximum Gasteiger partial charge on any atom is 0.312 e. The van der Waals surface area contributed by atoms with Crippen molar-refractivity contribution in [2.24, 2.45) is 38.4 Å². The Bertz CT molecular complexity index is 1410. The maximum absolute atomic E-state index is 13.7. The standard InChI is InChI=1S/C37H48O5/c1-32-14-15-33(2,31(41)42-22-24-10-8-7-9-11-24)21-29(32)37(6)19-17-34(3)26-20-27(39)30(40)35(4,23-38)25(26)12-13-28(34)36(37,5)18-16-32/h7-13,20,29-30,38,40H,14-19,21-23H2,1-6H3/t29-,30+,32-,33-,34+,35+,36-,37+/m1/s1. The molecule has 0 amide bonds. The summed E-state index contributed by atoms with van der Waals surface area (Å²) in [4.78, 5) is 26.7. The summed E-state index contributed by atoms with van der Waals surface area (Å²) in [6.45, 7) is 13.6. The number of ether oxygens (including phenoxy) is 1. The molecular weight excluding hydrogens is 524 g/mol. The molecule has 5 aliphatic rings. The van der Waals surface area contributed by atoms with Crippen molar-refractivity contribution in [3.63, 3.8) is 0 Å². The van der Waals surface area contributed by atoms with E-state index in [-0.39, 0.29) is 40.0 Å². The van der Waals surface area contributed by atoms with Crippen LogP contribution in [0.15, 0.2) is 65.3 Å². The molecule has 0 bridgehead atoms. The quantitative estimate of drug-likeness (QED) is 0.384. The van der Waals surface area contributed by atoms with Crippen molar-refractivity contribution >= 4 is 11.8 Å². The Morgan fingerprint density at radius 3 is 2.29 bits per heavy atom. The molecule has 3 fully saturated rings. The van der Waals surface area contributed by atoms with Crippen LogP contribution >= 0.6 is 0 Å². The van der Waals surface area contributed by atoms with E-state index >= 15 is 0 Å². The van der Waals surface area contributed by atoms with Crippen LogP contribution in [0, 0.1) is 38.4 Å². The highest BCUT2D eigenvalue weighted by molar-refractivity contribution is 5.98. The van der Waals surface area contributed by atoms with Gasteiger partial charge >= 0.3 is 5.97 Å². The van der Waals surface area contributed by atoms with Crippen LogP contribution in [0.2, 0.25) is 0 Å². The van der Waals surface area contributed by atoms with E-state index in [2.05, 4.69) is 46.8 Å². The van der Waals surface area contributed by atoms with E-state index < -0.39 is 16.9 Å². The third-order valence-electron chi connectivity index (χ3n) is 13.4. The predicted molar refractivity (Wildman–Crippen MR) is 163 cm³/mol. The third-order valence-corrected chi connectivity index (χ3v) is 13.4. The van der Waals surface area contributed by atoms with Gasteiger partial charge in [-0.2, -0.15) is 0 Å². The average molecular weight is 573 g/mol. The first-order chi connectivity index (χ1) is 19.7. The van der Waals surface area contributed by atoms with Crippen LogP contribution in [0.25, 0.3) is 0 Å². The summed E-state index contributed by atoms with van der Waals surface area (Å²) < 4.78 is 5.95. The summed E-state index contributed by atoms with van der Waals surface area (Å²) in [5.74, 6) is -0.0378. The molecule has 6 rings (SSSR count). The van der Waals surface area contributed by atoms with Crippen LogP contribution < -0.4 is 0 Å². The first kappa shape index (κ1) is 29.6. The SMILES string of the molecule is C[C@@]1(C(=O)OCc2ccccc2)CC[C@]2(C)CC[C@]3(C)C4=CC=C5C(=CC(=O)[C@H](O)[C@@]5(C)CO)[C@]4(C)CC[C@@]3(C)[C@@H]2C1. The second-order valence-electron chi connectivity index (χ2n) is 15.7. The van der Waals surface area contributed by atoms with E-state index in [9.17, 15) is 19.8 Å². The molecule has 0 aromatic heterocycles. The lowest BCUT2D eigenvalue weighted by Crippen LogP contribution is -2.62. The van der Waals surface area contributed by atoms with E-state index in [4.69, 9.17) is 4.74 Å². The zero-order chi connectivity index (χ0) is 30.3. The minimum atomic E-state index is -1.24. The number of ketones is 1. The number of aliphatic hydroxyl groups is 2. The second kappa shape index (κ2) is 9.50. The van der Waals surface area contributed by atoms with E-state index in [1.165, 1.54) is 5.57 Å². The van der Waals surface area contributed by atoms with E-state index in [1.54, 1.807) is 13.0 Å². The van der Waals surface area contributed by atoms with Crippen molar-refractivity contribution in [1.82, 2.24) is 0 Å². The number of aliphatic hydroxyl groups excluding tert-OH is 2. The molecule has 42 heavy (non-hydrogen) atoms. The van der Waals surface area contributed by atoms with Gasteiger partial charge in [0.1, 0.15) is 12.7 Å². The van der Waals surface area contributed by atoms with Crippen LogP contribution in [0.4, 0.5) is 0 Å². The molecule has 1 aromatic carbocycles. The Balaban J connectivity index is 1.35. The molecule has 0 unspecified atom stereocenters. The summed E-state index contributed by atoms with van der Waals surface area (Å²) in [7, 11) is 0. The molecule has 226 valence electrons. The normalized spacial score (nSPS) is 44.4. The van der Waals surface area contributed by atoms with Crippen molar-refractivity contribution in [1.29, 1.82) is 0 Å². The van der Waals surface area contributed by atoms with Gasteiger partial charge in [0.25, 0.3) is 0 Å². The summed E-state index contributed by atoms with van der Waals surface area (Å²) in [6, 6.07) is 9.91. The molecule has 5 aliphatic carbocycles. The molecule has 3 saturated carbocycles. The summed E-state index contributed by atoms with van der Waals surface area (Å²) in [5, 5.41) is 21.1. The van der Waals surface area contributed by atoms with Crippen LogP contribution in [0.3, 0.4) is 0 Å². The van der Waals surface area contributed by atoms with Gasteiger partial charge in [-0.15, -0.1) is 0 Å². The van der Waals surface area contributed by atoms with Crippen molar-refractivity contribution in [3.8, 4) is 0 Å². The Labute approximate surface area is 251 Å². The Morgan fingerprint density at radius 1 is 0.905 bits per heavy atom. The van der Waals surface area contributed by atoms with E-state index in [0.717, 1.165) is 61.7 Å². The number of hydrogen-bond acceptors (Lipinski definition) is 5. The fraction of sp³-hybridized carbons (Fsp3) is 0.622. The van der Waals surface area contributed by atoms with E-state index in [1.807, 2.05) is 30.3 Å². The van der Waals surface area contributed by atoms with Crippen molar-refractivity contribution in [3.05, 3.63) is 70.8 Å². The average Bonchev–Trinajstić information content (AvgIpc) is 2.98. The number of fused-ring (bicyclic) bond motifs is 7. The Hall–Kier alpha value is -2.50. The Kier molecular flexibility index (Phi) is 6.69. The van der Waals surface area contributed by atoms with Crippen LogP contribution in [-0.2, 0) is 20.9 Å². The smallest absolute Gasteiger partial charge is 0.312 e. The number of carbonyl (C=O) groups excluding carboxylic acids is 2. The number of esters is 1. The highest BCUT2D eigenvalue weighted by atomic mass is 16.5. The highest BCUT2D eigenvalue weighted by Gasteiger charge is 2.68. The molecule has 1 aromatic rings. The predicted octanol–water partition coefficient (Wildman–Crippen LogP) is 6.88. The molecular formula is C37H48O5. The number of benzene rings is 1. The molecule has 5 heteroatoms. The van der Waals surface area contributed by atoms with Gasteiger partial charge in [0, 0.05) is 10.8 Å². The first-order valence-corrected chi connectivity index (χ1v) is 15.9. The minimum Gasteiger partial charge on any atom is -0.460 e. The molecule has 2 N–H and O–H groups in total. The van der Waals surface area contributed by atoms with Gasteiger partial charge in [0.2, 0.25) is 0 Å². The van der Waals surface area contributed by atoms with Gasteiger partial charge in [-0.05, 0) is 96.8 Å². The molecule has 5 nitrogen and oxygen atoms in total. The molecule has 0 radical (unpaired) electrons. The first-order valence-electron chi connectivity index (χ1n) is 15.9. The van der Waals surface area contributed by atoms with Gasteiger partial charge in [0.15, 0.2) is 5.78 Å². The molecule has 0 heterocycles. The number of allylic oxidation sites excluding steroid dienone is 4. The van der Waals surface area contributed by atoms with Gasteiger partial charge < -0.3 is 14.9 Å². The van der Waals surface area contributed by atoms with Crippen molar-refractivity contribution in [2.75, 3.05) is 6.61 Å². The van der Waals surface area contributed by atoms with Crippen LogP contribution in [0.5, 0.6) is 0 Å². The second-order valence-corrected chi connectivity index (χ2v) is 15.7. The zero-order valence-electron chi connectivity index (χ0n) is 26.3. The van der Waals surface area contributed by atoms with Gasteiger partial charge in [-0.3, -0.25) is 9.59 Å². The van der Waals surface area contributed by atoms with Crippen LogP contribution in [0.1, 0.15) is 92.1 Å².